The van der Waals surface area contributed by atoms with Gasteiger partial charge in [0.15, 0.2) is 5.65 Å². The molecule has 0 amide bonds. The van der Waals surface area contributed by atoms with Crippen molar-refractivity contribution in [2.45, 2.75) is 32.0 Å². The van der Waals surface area contributed by atoms with Gasteiger partial charge in [0.1, 0.15) is 5.82 Å². The van der Waals surface area contributed by atoms with Crippen molar-refractivity contribution in [2.24, 2.45) is 0 Å². The Hall–Kier alpha value is -2.30. The minimum absolute atomic E-state index is 0.0351. The summed E-state index contributed by atoms with van der Waals surface area (Å²) in [6.45, 7) is 1.92. The Bertz CT molecular complexity index is 641. The van der Waals surface area contributed by atoms with Gasteiger partial charge in [-0.25, -0.2) is 0 Å². The number of halogens is 3. The highest BCUT2D eigenvalue weighted by Crippen LogP contribution is 2.27. The number of hydrogen-bond acceptors (Lipinski definition) is 4. The van der Waals surface area contributed by atoms with Crippen molar-refractivity contribution in [1.82, 2.24) is 19.8 Å². The molecule has 106 valence electrons. The first kappa shape index (κ1) is 14.1. The number of alkyl halides is 3. The van der Waals surface area contributed by atoms with Crippen LogP contribution in [-0.2, 0) is 6.18 Å². The second-order valence-electron chi connectivity index (χ2n) is 4.17. The molecule has 0 fully saturated rings. The molecule has 1 N–H and O–H groups in total. The maximum atomic E-state index is 12.7. The Morgan fingerprint density at radius 3 is 2.75 bits per heavy atom. The molecule has 20 heavy (non-hydrogen) atoms. The van der Waals surface area contributed by atoms with E-state index in [0.717, 1.165) is 6.42 Å². The Morgan fingerprint density at radius 1 is 1.40 bits per heavy atom. The first-order valence-corrected chi connectivity index (χ1v) is 5.95. The summed E-state index contributed by atoms with van der Waals surface area (Å²) in [7, 11) is 0. The summed E-state index contributed by atoms with van der Waals surface area (Å²) < 4.78 is 38.8. The van der Waals surface area contributed by atoms with Gasteiger partial charge >= 0.3 is 6.18 Å². The zero-order valence-corrected chi connectivity index (χ0v) is 10.6. The summed E-state index contributed by atoms with van der Waals surface area (Å²) in [5, 5.41) is 13.4. The van der Waals surface area contributed by atoms with Gasteiger partial charge in [-0.3, -0.25) is 0 Å². The molecule has 0 saturated heterocycles. The van der Waals surface area contributed by atoms with Gasteiger partial charge in [-0.1, -0.05) is 6.92 Å². The second kappa shape index (κ2) is 5.36. The highest BCUT2D eigenvalue weighted by Gasteiger charge is 2.37. The zero-order chi connectivity index (χ0) is 14.8. The van der Waals surface area contributed by atoms with Crippen molar-refractivity contribution < 1.29 is 13.2 Å². The normalized spacial score (nSPS) is 13.2. The molecule has 0 aliphatic carbocycles. The molecule has 2 rings (SSSR count). The lowest BCUT2D eigenvalue weighted by Crippen LogP contribution is -2.20. The largest absolute Gasteiger partial charge is 0.453 e. The fraction of sp³-hybridized carbons (Fsp3) is 0.417. The molecule has 2 aromatic rings. The predicted molar refractivity (Wildman–Crippen MR) is 66.9 cm³/mol. The first-order chi connectivity index (χ1) is 9.45. The van der Waals surface area contributed by atoms with Crippen LogP contribution in [0.5, 0.6) is 0 Å². The van der Waals surface area contributed by atoms with Gasteiger partial charge in [0.2, 0.25) is 0 Å². The molecule has 0 aliphatic rings. The monoisotopic (exact) mass is 283 g/mol. The summed E-state index contributed by atoms with van der Waals surface area (Å²) >= 11 is 0. The van der Waals surface area contributed by atoms with E-state index in [2.05, 4.69) is 26.5 Å². The van der Waals surface area contributed by atoms with Crippen LogP contribution in [0.25, 0.3) is 5.65 Å². The van der Waals surface area contributed by atoms with Crippen molar-refractivity contribution in [2.75, 3.05) is 5.32 Å². The number of anilines is 1. The van der Waals surface area contributed by atoms with E-state index in [1.54, 1.807) is 6.07 Å². The maximum Gasteiger partial charge on any atom is 0.453 e. The van der Waals surface area contributed by atoms with Crippen LogP contribution < -0.4 is 5.32 Å². The lowest BCUT2D eigenvalue weighted by molar-refractivity contribution is -0.146. The number of terminal acetylenes is 1. The van der Waals surface area contributed by atoms with Gasteiger partial charge in [-0.2, -0.15) is 17.7 Å². The summed E-state index contributed by atoms with van der Waals surface area (Å²) in [5.41, 5.74) is 0.0351. The first-order valence-electron chi connectivity index (χ1n) is 5.95. The van der Waals surface area contributed by atoms with Gasteiger partial charge in [0, 0.05) is 12.5 Å². The Kier molecular flexibility index (Phi) is 3.79. The molecular weight excluding hydrogens is 271 g/mol. The van der Waals surface area contributed by atoms with E-state index in [4.69, 9.17) is 6.42 Å². The summed E-state index contributed by atoms with van der Waals surface area (Å²) in [6.07, 6.45) is 1.82. The number of aromatic nitrogens is 4. The molecule has 0 bridgehead atoms. The molecule has 8 heteroatoms. The molecular formula is C12H12F3N5. The standard InChI is InChI=1S/C12H12F3N5/c1-3-5-8(4-2)16-9-6-7-10-17-18-11(12(13,14)15)20(10)19-9/h1,6-8H,4-5H2,2H3,(H,16,19). The van der Waals surface area contributed by atoms with E-state index in [1.807, 2.05) is 6.92 Å². The van der Waals surface area contributed by atoms with Crippen LogP contribution in [0.2, 0.25) is 0 Å². The topological polar surface area (TPSA) is 55.1 Å². The van der Waals surface area contributed by atoms with Crippen molar-refractivity contribution in [3.63, 3.8) is 0 Å². The van der Waals surface area contributed by atoms with Gasteiger partial charge in [0.05, 0.1) is 0 Å². The number of nitrogens with zero attached hydrogens (tertiary/aromatic N) is 4. The molecule has 2 heterocycles. The minimum atomic E-state index is -4.60. The second-order valence-corrected chi connectivity index (χ2v) is 4.17. The molecule has 0 saturated carbocycles. The zero-order valence-electron chi connectivity index (χ0n) is 10.6. The third-order valence-electron chi connectivity index (χ3n) is 2.73. The number of rotatable bonds is 4. The molecule has 2 aromatic heterocycles. The highest BCUT2D eigenvalue weighted by molar-refractivity contribution is 5.44. The SMILES string of the molecule is C#CCC(CC)Nc1ccc2nnc(C(F)(F)F)n2n1. The molecule has 5 nitrogen and oxygen atoms in total. The third kappa shape index (κ3) is 2.82. The average Bonchev–Trinajstić information content (AvgIpc) is 2.81. The van der Waals surface area contributed by atoms with Gasteiger partial charge in [-0.05, 0) is 18.6 Å². The van der Waals surface area contributed by atoms with Crippen LogP contribution in [0.4, 0.5) is 19.0 Å². The van der Waals surface area contributed by atoms with E-state index in [0.29, 0.717) is 16.8 Å². The molecule has 0 spiro atoms. The van der Waals surface area contributed by atoms with Crippen molar-refractivity contribution >= 4 is 11.5 Å². The van der Waals surface area contributed by atoms with Gasteiger partial charge in [0.25, 0.3) is 5.82 Å². The van der Waals surface area contributed by atoms with Crippen molar-refractivity contribution in [3.05, 3.63) is 18.0 Å². The Labute approximate surface area is 113 Å². The molecule has 0 aromatic carbocycles. The Morgan fingerprint density at radius 2 is 2.15 bits per heavy atom. The van der Waals surface area contributed by atoms with Crippen LogP contribution in [0, 0.1) is 12.3 Å². The van der Waals surface area contributed by atoms with Crippen molar-refractivity contribution in [1.29, 1.82) is 0 Å². The highest BCUT2D eigenvalue weighted by atomic mass is 19.4. The molecule has 0 aliphatic heterocycles. The quantitative estimate of drug-likeness (QED) is 0.875. The molecule has 0 radical (unpaired) electrons. The van der Waals surface area contributed by atoms with E-state index >= 15 is 0 Å². The van der Waals surface area contributed by atoms with Gasteiger partial charge in [-0.15, -0.1) is 27.6 Å². The van der Waals surface area contributed by atoms with E-state index in [9.17, 15) is 13.2 Å². The van der Waals surface area contributed by atoms with Crippen LogP contribution in [0.15, 0.2) is 12.1 Å². The maximum absolute atomic E-state index is 12.7. The lowest BCUT2D eigenvalue weighted by atomic mass is 10.1. The van der Waals surface area contributed by atoms with Gasteiger partial charge < -0.3 is 5.32 Å². The minimum Gasteiger partial charge on any atom is -0.365 e. The van der Waals surface area contributed by atoms with E-state index in [1.165, 1.54) is 6.07 Å². The molecule has 1 unspecified atom stereocenters. The third-order valence-corrected chi connectivity index (χ3v) is 2.73. The predicted octanol–water partition coefficient (Wildman–Crippen LogP) is 2.36. The van der Waals surface area contributed by atoms with E-state index < -0.39 is 12.0 Å². The van der Waals surface area contributed by atoms with Crippen LogP contribution >= 0.6 is 0 Å². The average molecular weight is 283 g/mol. The number of hydrogen-bond donors (Lipinski definition) is 1. The van der Waals surface area contributed by atoms with Crippen LogP contribution in [-0.4, -0.2) is 25.9 Å². The summed E-state index contributed by atoms with van der Waals surface area (Å²) in [6, 6.07) is 2.92. The van der Waals surface area contributed by atoms with Crippen molar-refractivity contribution in [3.8, 4) is 12.3 Å². The van der Waals surface area contributed by atoms with E-state index in [-0.39, 0.29) is 11.7 Å². The summed E-state index contributed by atoms with van der Waals surface area (Å²) in [4.78, 5) is 0. The lowest BCUT2D eigenvalue weighted by Gasteiger charge is -2.14. The summed E-state index contributed by atoms with van der Waals surface area (Å²) in [5.74, 6) is 1.65. The Balaban J connectivity index is 2.35. The van der Waals surface area contributed by atoms with Crippen LogP contribution in [0.3, 0.4) is 0 Å². The number of fused-ring (bicyclic) bond motifs is 1. The molecule has 1 atom stereocenters. The fourth-order valence-electron chi connectivity index (χ4n) is 1.69. The van der Waals surface area contributed by atoms with Crippen LogP contribution in [0.1, 0.15) is 25.6 Å². The smallest absolute Gasteiger partial charge is 0.365 e. The fourth-order valence-corrected chi connectivity index (χ4v) is 1.69. The number of nitrogens with one attached hydrogen (secondary N) is 1.